The van der Waals surface area contributed by atoms with Crippen LogP contribution in [0.5, 0.6) is 11.5 Å². The summed E-state index contributed by atoms with van der Waals surface area (Å²) >= 11 is 0. The molecule has 6 nitrogen and oxygen atoms in total. The van der Waals surface area contributed by atoms with Crippen LogP contribution in [0, 0.1) is 10.1 Å². The lowest BCUT2D eigenvalue weighted by atomic mass is 10.2. The molecule has 0 fully saturated rings. The lowest BCUT2D eigenvalue weighted by Crippen LogP contribution is -2.12. The average molecular weight is 375 g/mol. The summed E-state index contributed by atoms with van der Waals surface area (Å²) in [5.41, 5.74) is -1.37. The summed E-state index contributed by atoms with van der Waals surface area (Å²) in [6.45, 7) is 1.41. The summed E-state index contributed by atoms with van der Waals surface area (Å²) in [5.74, 6) is 0.0557. The molecule has 0 saturated heterocycles. The highest BCUT2D eigenvalue weighted by molar-refractivity contribution is 7.66. The lowest BCUT2D eigenvalue weighted by molar-refractivity contribution is -0.383. The molecule has 2 aromatic rings. The number of rotatable bonds is 5. The van der Waals surface area contributed by atoms with E-state index in [1.807, 2.05) is 0 Å². The molecule has 1 N–H and O–H groups in total. The van der Waals surface area contributed by atoms with Crippen LogP contribution < -0.4 is 10.0 Å². The number of benzene rings is 2. The Hall–Kier alpha value is -2.38. The molecule has 2 aromatic carbocycles. The van der Waals surface area contributed by atoms with Crippen LogP contribution in [0.15, 0.2) is 42.5 Å². The number of nitro benzene ring substituents is 1. The zero-order chi connectivity index (χ0) is 18.8. The minimum atomic E-state index is -4.48. The summed E-state index contributed by atoms with van der Waals surface area (Å²) in [6, 6.07) is 7.10. The van der Waals surface area contributed by atoms with E-state index in [1.54, 1.807) is 0 Å². The van der Waals surface area contributed by atoms with E-state index < -0.39 is 29.7 Å². The van der Waals surface area contributed by atoms with Crippen LogP contribution in [0.1, 0.15) is 12.5 Å². The Morgan fingerprint density at radius 1 is 1.16 bits per heavy atom. The van der Waals surface area contributed by atoms with Gasteiger partial charge >= 0.3 is 6.18 Å². The van der Waals surface area contributed by atoms with E-state index in [0.29, 0.717) is 0 Å². The van der Waals surface area contributed by atoms with Gasteiger partial charge in [0.2, 0.25) is 7.37 Å². The van der Waals surface area contributed by atoms with Crippen molar-refractivity contribution in [3.05, 3.63) is 58.1 Å². The van der Waals surface area contributed by atoms with Gasteiger partial charge in [0.15, 0.2) is 0 Å². The molecular formula is C15H13F3NO5P. The predicted molar refractivity (Wildman–Crippen MR) is 84.6 cm³/mol. The smallest absolute Gasteiger partial charge is 0.416 e. The minimum absolute atomic E-state index is 0.00286. The highest BCUT2D eigenvalue weighted by atomic mass is 31.2. The van der Waals surface area contributed by atoms with Crippen molar-refractivity contribution in [2.75, 3.05) is 6.16 Å². The first-order valence-corrected chi connectivity index (χ1v) is 8.85. The Morgan fingerprint density at radius 2 is 1.72 bits per heavy atom. The summed E-state index contributed by atoms with van der Waals surface area (Å²) in [5, 5.41) is 10.6. The molecule has 25 heavy (non-hydrogen) atoms. The molecule has 0 aliphatic rings. The third-order valence-corrected chi connectivity index (χ3v) is 5.33. The lowest BCUT2D eigenvalue weighted by Gasteiger charge is -2.12. The Morgan fingerprint density at radius 3 is 2.20 bits per heavy atom. The Bertz CT molecular complexity index is 836. The van der Waals surface area contributed by atoms with E-state index >= 15 is 0 Å². The standard InChI is InChI=1S/C15H13F3NO5P/c1-2-25(22,23)14-9-12(7-8-13(14)19(20)21)24-11-5-3-10(4-6-11)15(16,17)18/h3-9H,2H2,1H3,(H,22,23). The molecule has 0 spiro atoms. The molecular weight excluding hydrogens is 362 g/mol. The fraction of sp³-hybridized carbons (Fsp3) is 0.200. The Kier molecular flexibility index (Phi) is 5.20. The van der Waals surface area contributed by atoms with Crippen LogP contribution in [-0.4, -0.2) is 16.0 Å². The molecule has 0 amide bonds. The number of halogens is 3. The van der Waals surface area contributed by atoms with Gasteiger partial charge in [-0.05, 0) is 30.3 Å². The van der Waals surface area contributed by atoms with E-state index in [-0.39, 0.29) is 23.0 Å². The quantitative estimate of drug-likeness (QED) is 0.478. The fourth-order valence-electron chi connectivity index (χ4n) is 2.02. The van der Waals surface area contributed by atoms with Crippen molar-refractivity contribution in [1.29, 1.82) is 0 Å². The van der Waals surface area contributed by atoms with Gasteiger partial charge in [-0.15, -0.1) is 0 Å². The molecule has 10 heteroatoms. The van der Waals surface area contributed by atoms with Gasteiger partial charge in [-0.3, -0.25) is 14.7 Å². The summed E-state index contributed by atoms with van der Waals surface area (Å²) < 4.78 is 55.1. The molecule has 0 heterocycles. The van der Waals surface area contributed by atoms with Crippen molar-refractivity contribution in [3.63, 3.8) is 0 Å². The summed E-state index contributed by atoms with van der Waals surface area (Å²) in [7, 11) is -3.95. The first kappa shape index (κ1) is 19.0. The molecule has 0 bridgehead atoms. The molecule has 0 aliphatic heterocycles. The number of ether oxygens (including phenoxy) is 1. The zero-order valence-electron chi connectivity index (χ0n) is 12.9. The van der Waals surface area contributed by atoms with E-state index in [1.165, 1.54) is 13.0 Å². The molecule has 0 radical (unpaired) electrons. The van der Waals surface area contributed by atoms with Gasteiger partial charge < -0.3 is 9.63 Å². The van der Waals surface area contributed by atoms with Gasteiger partial charge in [-0.1, -0.05) is 6.92 Å². The molecule has 0 aliphatic carbocycles. The Labute approximate surface area is 140 Å². The predicted octanol–water partition coefficient (Wildman–Crippen LogP) is 4.32. The fourth-order valence-corrected chi connectivity index (χ4v) is 3.20. The SMILES string of the molecule is CCP(=O)(O)c1cc(Oc2ccc(C(F)(F)F)cc2)ccc1[N+](=O)[O-]. The van der Waals surface area contributed by atoms with Crippen LogP contribution in [0.25, 0.3) is 0 Å². The number of alkyl halides is 3. The first-order chi connectivity index (χ1) is 11.5. The van der Waals surface area contributed by atoms with Gasteiger partial charge in [0.05, 0.1) is 10.5 Å². The van der Waals surface area contributed by atoms with Crippen LogP contribution >= 0.6 is 7.37 Å². The maximum Gasteiger partial charge on any atom is 0.416 e. The monoisotopic (exact) mass is 375 g/mol. The first-order valence-electron chi connectivity index (χ1n) is 7.00. The maximum atomic E-state index is 12.5. The van der Waals surface area contributed by atoms with Crippen molar-refractivity contribution in [2.24, 2.45) is 0 Å². The average Bonchev–Trinajstić information content (AvgIpc) is 2.54. The molecule has 2 rings (SSSR count). The minimum Gasteiger partial charge on any atom is -0.457 e. The highest BCUT2D eigenvalue weighted by Gasteiger charge is 2.31. The van der Waals surface area contributed by atoms with Gasteiger partial charge in [-0.2, -0.15) is 13.2 Å². The largest absolute Gasteiger partial charge is 0.457 e. The van der Waals surface area contributed by atoms with Gasteiger partial charge in [0.1, 0.15) is 16.8 Å². The second kappa shape index (κ2) is 6.85. The van der Waals surface area contributed by atoms with Crippen LogP contribution in [0.2, 0.25) is 0 Å². The third kappa shape index (κ3) is 4.37. The van der Waals surface area contributed by atoms with Gasteiger partial charge in [0.25, 0.3) is 5.69 Å². The molecule has 134 valence electrons. The number of hydrogen-bond acceptors (Lipinski definition) is 4. The summed E-state index contributed by atoms with van der Waals surface area (Å²) in [4.78, 5) is 20.1. The van der Waals surface area contributed by atoms with Crippen molar-refractivity contribution in [2.45, 2.75) is 13.1 Å². The van der Waals surface area contributed by atoms with Crippen molar-refractivity contribution in [3.8, 4) is 11.5 Å². The number of nitro groups is 1. The second-order valence-electron chi connectivity index (χ2n) is 5.05. The van der Waals surface area contributed by atoms with E-state index in [0.717, 1.165) is 36.4 Å². The second-order valence-corrected chi connectivity index (χ2v) is 7.57. The number of hydrogen-bond donors (Lipinski definition) is 1. The Balaban J connectivity index is 2.36. The van der Waals surface area contributed by atoms with Crippen LogP contribution in [0.3, 0.4) is 0 Å². The maximum absolute atomic E-state index is 12.5. The number of nitrogens with zero attached hydrogens (tertiary/aromatic N) is 1. The molecule has 1 unspecified atom stereocenters. The van der Waals surface area contributed by atoms with Crippen LogP contribution in [0.4, 0.5) is 18.9 Å². The van der Waals surface area contributed by atoms with Gasteiger partial charge in [-0.25, -0.2) is 0 Å². The van der Waals surface area contributed by atoms with E-state index in [2.05, 4.69) is 0 Å². The van der Waals surface area contributed by atoms with E-state index in [9.17, 15) is 32.7 Å². The van der Waals surface area contributed by atoms with Crippen molar-refractivity contribution in [1.82, 2.24) is 0 Å². The zero-order valence-corrected chi connectivity index (χ0v) is 13.8. The third-order valence-electron chi connectivity index (χ3n) is 3.37. The topological polar surface area (TPSA) is 89.7 Å². The van der Waals surface area contributed by atoms with Gasteiger partial charge in [0, 0.05) is 18.3 Å². The highest BCUT2D eigenvalue weighted by Crippen LogP contribution is 2.43. The van der Waals surface area contributed by atoms with Crippen molar-refractivity contribution < 1.29 is 32.3 Å². The summed E-state index contributed by atoms with van der Waals surface area (Å²) in [6.07, 6.45) is -4.69. The van der Waals surface area contributed by atoms with Crippen LogP contribution in [-0.2, 0) is 10.7 Å². The molecule has 0 saturated carbocycles. The van der Waals surface area contributed by atoms with Crippen molar-refractivity contribution >= 4 is 18.4 Å². The normalized spacial score (nSPS) is 14.0. The molecule has 0 aromatic heterocycles. The molecule has 1 atom stereocenters. The van der Waals surface area contributed by atoms with E-state index in [4.69, 9.17) is 4.74 Å².